The van der Waals surface area contributed by atoms with Crippen molar-refractivity contribution in [3.63, 3.8) is 0 Å². The van der Waals surface area contributed by atoms with E-state index >= 15 is 0 Å². The lowest BCUT2D eigenvalue weighted by molar-refractivity contribution is -0.277. The van der Waals surface area contributed by atoms with Gasteiger partial charge in [0, 0.05) is 31.2 Å². The first-order chi connectivity index (χ1) is 14.1. The van der Waals surface area contributed by atoms with Crippen LogP contribution in [0.2, 0.25) is 0 Å². The molecule has 0 heterocycles. The number of carbonyl (C=O) groups is 1. The minimum Gasteiger partial charge on any atom is -0.352 e. The first kappa shape index (κ1) is 25.4. The Morgan fingerprint density at radius 1 is 0.931 bits per heavy atom. The molecule has 0 saturated carbocycles. The van der Waals surface area contributed by atoms with Crippen LogP contribution in [0.15, 0.2) is 30.3 Å². The van der Waals surface area contributed by atoms with Crippen molar-refractivity contribution in [3.8, 4) is 0 Å². The van der Waals surface area contributed by atoms with Crippen LogP contribution in [-0.4, -0.2) is 25.8 Å². The number of amides is 2. The number of hydrogen-bond acceptors (Lipinski definition) is 3. The lowest BCUT2D eigenvalue weighted by atomic mass is 9.83. The highest BCUT2D eigenvalue weighted by atomic mass is 16.7. The maximum absolute atomic E-state index is 11.0. The van der Waals surface area contributed by atoms with Gasteiger partial charge in [-0.05, 0) is 33.1 Å². The van der Waals surface area contributed by atoms with Crippen LogP contribution in [-0.2, 0) is 15.3 Å². The predicted molar refractivity (Wildman–Crippen MR) is 120 cm³/mol. The van der Waals surface area contributed by atoms with E-state index in [1.165, 1.54) is 32.1 Å². The summed E-state index contributed by atoms with van der Waals surface area (Å²) < 4.78 is 12.7. The molecule has 1 atom stereocenters. The molecule has 0 aromatic heterocycles. The van der Waals surface area contributed by atoms with Crippen LogP contribution < -0.4 is 11.1 Å². The summed E-state index contributed by atoms with van der Waals surface area (Å²) in [5.41, 5.74) is 6.29. The Hall–Kier alpha value is -1.59. The maximum atomic E-state index is 11.0. The van der Waals surface area contributed by atoms with Crippen molar-refractivity contribution < 1.29 is 14.3 Å². The van der Waals surface area contributed by atoms with E-state index in [-0.39, 0.29) is 5.92 Å². The molecule has 166 valence electrons. The van der Waals surface area contributed by atoms with Crippen LogP contribution in [0.25, 0.3) is 0 Å². The van der Waals surface area contributed by atoms with E-state index < -0.39 is 11.8 Å². The zero-order valence-corrected chi connectivity index (χ0v) is 18.8. The fourth-order valence-corrected chi connectivity index (χ4v) is 4.03. The molecule has 5 heteroatoms. The minimum absolute atomic E-state index is 0.214. The molecule has 3 N–H and O–H groups in total. The van der Waals surface area contributed by atoms with Crippen LogP contribution >= 0.6 is 0 Å². The molecule has 0 aliphatic rings. The van der Waals surface area contributed by atoms with Crippen molar-refractivity contribution in [2.24, 2.45) is 11.7 Å². The highest BCUT2D eigenvalue weighted by Gasteiger charge is 2.41. The molecule has 5 nitrogen and oxygen atoms in total. The summed E-state index contributed by atoms with van der Waals surface area (Å²) in [6.45, 7) is 8.03. The SMILES string of the molecule is CCCCCCCCC(CCCNC(N)=O)C(OCC)(OCC)c1ccccc1. The summed E-state index contributed by atoms with van der Waals surface area (Å²) in [6, 6.07) is 9.83. The van der Waals surface area contributed by atoms with Gasteiger partial charge in [-0.2, -0.15) is 0 Å². The number of carbonyl (C=O) groups excluding carboxylic acids is 1. The maximum Gasteiger partial charge on any atom is 0.312 e. The second-order valence-electron chi connectivity index (χ2n) is 7.59. The predicted octanol–water partition coefficient (Wildman–Crippen LogP) is 5.73. The number of hydrogen-bond donors (Lipinski definition) is 2. The Kier molecular flexibility index (Phi) is 13.4. The molecule has 0 radical (unpaired) electrons. The third-order valence-corrected chi connectivity index (χ3v) is 5.37. The molecule has 29 heavy (non-hydrogen) atoms. The Bertz CT molecular complexity index is 530. The molecule has 0 spiro atoms. The minimum atomic E-state index is -0.749. The van der Waals surface area contributed by atoms with E-state index in [4.69, 9.17) is 15.2 Å². The van der Waals surface area contributed by atoms with Crippen molar-refractivity contribution in [1.82, 2.24) is 5.32 Å². The molecule has 2 amide bonds. The van der Waals surface area contributed by atoms with Gasteiger partial charge in [0.1, 0.15) is 0 Å². The third kappa shape index (κ3) is 9.18. The zero-order valence-electron chi connectivity index (χ0n) is 18.8. The van der Waals surface area contributed by atoms with Gasteiger partial charge in [0.15, 0.2) is 5.79 Å². The van der Waals surface area contributed by atoms with E-state index in [1.807, 2.05) is 32.0 Å². The van der Waals surface area contributed by atoms with Gasteiger partial charge in [0.2, 0.25) is 0 Å². The smallest absolute Gasteiger partial charge is 0.312 e. The monoisotopic (exact) mass is 406 g/mol. The van der Waals surface area contributed by atoms with Gasteiger partial charge < -0.3 is 20.5 Å². The summed E-state index contributed by atoms with van der Waals surface area (Å²) in [5, 5.41) is 2.70. The molecular weight excluding hydrogens is 364 g/mol. The molecule has 0 bridgehead atoms. The highest BCUT2D eigenvalue weighted by Crippen LogP contribution is 2.41. The molecule has 1 aromatic carbocycles. The molecule has 0 fully saturated rings. The largest absolute Gasteiger partial charge is 0.352 e. The molecule has 0 aliphatic carbocycles. The van der Waals surface area contributed by atoms with Gasteiger partial charge in [0.25, 0.3) is 0 Å². The number of unbranched alkanes of at least 4 members (excludes halogenated alkanes) is 5. The Morgan fingerprint density at radius 2 is 1.52 bits per heavy atom. The fourth-order valence-electron chi connectivity index (χ4n) is 4.03. The summed E-state index contributed by atoms with van der Waals surface area (Å²) >= 11 is 0. The van der Waals surface area contributed by atoms with Crippen molar-refractivity contribution in [2.45, 2.75) is 84.3 Å². The number of urea groups is 1. The number of ether oxygens (including phenoxy) is 2. The Labute approximate surface area is 177 Å². The summed E-state index contributed by atoms with van der Waals surface area (Å²) in [4.78, 5) is 11.0. The first-order valence-electron chi connectivity index (χ1n) is 11.5. The second kappa shape index (κ2) is 15.3. The third-order valence-electron chi connectivity index (χ3n) is 5.37. The van der Waals surface area contributed by atoms with Gasteiger partial charge in [-0.25, -0.2) is 4.79 Å². The van der Waals surface area contributed by atoms with E-state index in [0.717, 1.165) is 31.2 Å². The molecule has 0 aliphatic heterocycles. The van der Waals surface area contributed by atoms with Crippen molar-refractivity contribution in [3.05, 3.63) is 35.9 Å². The van der Waals surface area contributed by atoms with Gasteiger partial charge in [-0.3, -0.25) is 0 Å². The summed E-state index contributed by atoms with van der Waals surface area (Å²) in [5.74, 6) is -0.536. The zero-order chi connectivity index (χ0) is 21.4. The number of benzene rings is 1. The van der Waals surface area contributed by atoms with E-state index in [0.29, 0.717) is 19.8 Å². The van der Waals surface area contributed by atoms with Crippen LogP contribution in [0.5, 0.6) is 0 Å². The normalized spacial score (nSPS) is 12.7. The van der Waals surface area contributed by atoms with Gasteiger partial charge in [-0.1, -0.05) is 75.8 Å². The molecule has 0 saturated heterocycles. The van der Waals surface area contributed by atoms with Crippen LogP contribution in [0.4, 0.5) is 4.79 Å². The first-order valence-corrected chi connectivity index (χ1v) is 11.5. The Balaban J connectivity index is 2.95. The topological polar surface area (TPSA) is 73.6 Å². The second-order valence-corrected chi connectivity index (χ2v) is 7.59. The average molecular weight is 407 g/mol. The van der Waals surface area contributed by atoms with Crippen LogP contribution in [0.1, 0.15) is 84.1 Å². The highest BCUT2D eigenvalue weighted by molar-refractivity contribution is 5.71. The van der Waals surface area contributed by atoms with E-state index in [1.54, 1.807) is 0 Å². The number of nitrogens with one attached hydrogen (secondary N) is 1. The quantitative estimate of drug-likeness (QED) is 0.256. The van der Waals surface area contributed by atoms with Gasteiger partial charge in [0.05, 0.1) is 0 Å². The van der Waals surface area contributed by atoms with Crippen molar-refractivity contribution >= 4 is 6.03 Å². The molecule has 1 unspecified atom stereocenters. The van der Waals surface area contributed by atoms with Gasteiger partial charge >= 0.3 is 6.03 Å². The molecule has 1 aromatic rings. The van der Waals surface area contributed by atoms with E-state index in [2.05, 4.69) is 24.4 Å². The lowest BCUT2D eigenvalue weighted by Crippen LogP contribution is -2.42. The number of rotatable bonds is 17. The van der Waals surface area contributed by atoms with Crippen LogP contribution in [0, 0.1) is 5.92 Å². The molecular formula is C24H42N2O3. The number of primary amides is 1. The fraction of sp³-hybridized carbons (Fsp3) is 0.708. The van der Waals surface area contributed by atoms with Gasteiger partial charge in [-0.15, -0.1) is 0 Å². The lowest BCUT2D eigenvalue weighted by Gasteiger charge is -2.41. The number of nitrogens with two attached hydrogens (primary N) is 1. The standard InChI is InChI=1S/C24H42N2O3/c1-4-7-8-9-10-12-16-22(19-15-20-26-23(25)27)24(28-5-2,29-6-3)21-17-13-11-14-18-21/h11,13-14,17-18,22H,4-10,12,15-16,19-20H2,1-3H3,(H3,25,26,27). The van der Waals surface area contributed by atoms with Crippen molar-refractivity contribution in [2.75, 3.05) is 19.8 Å². The average Bonchev–Trinajstić information content (AvgIpc) is 2.72. The Morgan fingerprint density at radius 3 is 2.10 bits per heavy atom. The van der Waals surface area contributed by atoms with E-state index in [9.17, 15) is 4.79 Å². The van der Waals surface area contributed by atoms with Crippen LogP contribution in [0.3, 0.4) is 0 Å². The molecule has 1 rings (SSSR count). The summed E-state index contributed by atoms with van der Waals surface area (Å²) in [6.07, 6.45) is 10.4. The summed E-state index contributed by atoms with van der Waals surface area (Å²) in [7, 11) is 0. The van der Waals surface area contributed by atoms with Crippen molar-refractivity contribution in [1.29, 1.82) is 0 Å².